The lowest BCUT2D eigenvalue weighted by Crippen LogP contribution is -2.06. The molecule has 1 aliphatic heterocycles. The summed E-state index contributed by atoms with van der Waals surface area (Å²) in [7, 11) is 0. The highest BCUT2D eigenvalue weighted by Gasteiger charge is 2.18. The molecule has 0 fully saturated rings. The monoisotopic (exact) mass is 307 g/mol. The number of aromatic nitrogens is 1. The molecule has 1 aromatic heterocycles. The van der Waals surface area contributed by atoms with Gasteiger partial charge in [-0.3, -0.25) is 0 Å². The number of fused-ring (bicyclic) bond motifs is 1. The minimum absolute atomic E-state index is 0.00637. The van der Waals surface area contributed by atoms with E-state index in [9.17, 15) is 0 Å². The summed E-state index contributed by atoms with van der Waals surface area (Å²) in [5, 5.41) is 13.2. The van der Waals surface area contributed by atoms with Gasteiger partial charge in [0, 0.05) is 6.04 Å². The van der Waals surface area contributed by atoms with Crippen LogP contribution in [0.4, 0.5) is 5.00 Å². The molecular formula is C13H10ClN3O2S. The van der Waals surface area contributed by atoms with E-state index in [0.29, 0.717) is 10.6 Å². The predicted octanol–water partition coefficient (Wildman–Crippen LogP) is 3.57. The zero-order chi connectivity index (χ0) is 14.1. The molecule has 0 bridgehead atoms. The number of ether oxygens (including phenoxy) is 2. The molecule has 0 radical (unpaired) electrons. The average molecular weight is 308 g/mol. The van der Waals surface area contributed by atoms with E-state index in [1.807, 2.05) is 25.1 Å². The van der Waals surface area contributed by atoms with E-state index in [2.05, 4.69) is 15.8 Å². The van der Waals surface area contributed by atoms with Crippen LogP contribution in [0.5, 0.6) is 11.5 Å². The van der Waals surface area contributed by atoms with E-state index in [0.717, 1.165) is 17.1 Å². The molecule has 2 aromatic rings. The fraction of sp³-hybridized carbons (Fsp3) is 0.231. The van der Waals surface area contributed by atoms with Crippen LogP contribution in [0, 0.1) is 11.3 Å². The molecule has 20 heavy (non-hydrogen) atoms. The Morgan fingerprint density at radius 3 is 3.05 bits per heavy atom. The number of nitrogens with one attached hydrogen (secondary N) is 1. The van der Waals surface area contributed by atoms with Gasteiger partial charge in [-0.05, 0) is 36.2 Å². The number of rotatable bonds is 3. The van der Waals surface area contributed by atoms with Crippen molar-refractivity contribution in [3.05, 3.63) is 34.5 Å². The van der Waals surface area contributed by atoms with E-state index >= 15 is 0 Å². The molecule has 0 saturated carbocycles. The Hall–Kier alpha value is -1.97. The molecular weight excluding hydrogens is 298 g/mol. The summed E-state index contributed by atoms with van der Waals surface area (Å²) < 4.78 is 14.6. The van der Waals surface area contributed by atoms with Crippen molar-refractivity contribution >= 4 is 28.1 Å². The van der Waals surface area contributed by atoms with Crippen molar-refractivity contribution in [1.82, 2.24) is 4.37 Å². The molecule has 0 spiro atoms. The van der Waals surface area contributed by atoms with Crippen LogP contribution in [-0.2, 0) is 0 Å². The Balaban J connectivity index is 1.83. The van der Waals surface area contributed by atoms with Crippen LogP contribution in [0.1, 0.15) is 24.1 Å². The number of halogens is 1. The van der Waals surface area contributed by atoms with Gasteiger partial charge in [-0.15, -0.1) is 0 Å². The summed E-state index contributed by atoms with van der Waals surface area (Å²) in [5.41, 5.74) is 1.41. The normalized spacial score (nSPS) is 13.8. The second-order valence-corrected chi connectivity index (χ2v) is 5.40. The Morgan fingerprint density at radius 2 is 2.25 bits per heavy atom. The third-order valence-electron chi connectivity index (χ3n) is 3.01. The minimum atomic E-state index is -0.00637. The van der Waals surface area contributed by atoms with Crippen LogP contribution >= 0.6 is 23.1 Å². The predicted molar refractivity (Wildman–Crippen MR) is 76.4 cm³/mol. The largest absolute Gasteiger partial charge is 0.454 e. The quantitative estimate of drug-likeness (QED) is 0.939. The molecule has 0 amide bonds. The van der Waals surface area contributed by atoms with Gasteiger partial charge in [0.15, 0.2) is 16.7 Å². The number of anilines is 1. The summed E-state index contributed by atoms with van der Waals surface area (Å²) in [6, 6.07) is 7.80. The average Bonchev–Trinajstić information content (AvgIpc) is 3.04. The fourth-order valence-electron chi connectivity index (χ4n) is 1.93. The molecule has 1 N–H and O–H groups in total. The standard InChI is InChI=1S/C13H10ClN3O2S/c1-7(16-13-9(5-15)12(14)17-20-13)8-2-3-10-11(4-8)19-6-18-10/h2-4,7,16H,6H2,1H3/t7-/m1/s1. The summed E-state index contributed by atoms with van der Waals surface area (Å²) in [4.78, 5) is 0. The molecule has 1 aromatic carbocycles. The second kappa shape index (κ2) is 5.19. The molecule has 3 rings (SSSR count). The van der Waals surface area contributed by atoms with Crippen LogP contribution in [0.2, 0.25) is 5.15 Å². The molecule has 7 heteroatoms. The maximum absolute atomic E-state index is 9.05. The highest BCUT2D eigenvalue weighted by molar-refractivity contribution is 7.10. The van der Waals surface area contributed by atoms with Crippen LogP contribution in [-0.4, -0.2) is 11.2 Å². The van der Waals surface area contributed by atoms with Crippen molar-refractivity contribution in [3.63, 3.8) is 0 Å². The summed E-state index contributed by atoms with van der Waals surface area (Å²) >= 11 is 7.03. The smallest absolute Gasteiger partial charge is 0.231 e. The van der Waals surface area contributed by atoms with Gasteiger partial charge < -0.3 is 14.8 Å². The summed E-state index contributed by atoms with van der Waals surface area (Å²) in [5.74, 6) is 1.48. The third kappa shape index (κ3) is 2.26. The minimum Gasteiger partial charge on any atom is -0.454 e. The molecule has 1 aliphatic rings. The first-order valence-corrected chi connectivity index (χ1v) is 7.05. The first kappa shape index (κ1) is 13.0. The topological polar surface area (TPSA) is 67.2 Å². The highest BCUT2D eigenvalue weighted by atomic mass is 35.5. The summed E-state index contributed by atoms with van der Waals surface area (Å²) in [6.45, 7) is 2.25. The van der Waals surface area contributed by atoms with Crippen LogP contribution < -0.4 is 14.8 Å². The molecule has 102 valence electrons. The zero-order valence-electron chi connectivity index (χ0n) is 10.5. The van der Waals surface area contributed by atoms with Gasteiger partial charge in [-0.1, -0.05) is 17.7 Å². The van der Waals surface area contributed by atoms with E-state index in [1.54, 1.807) is 0 Å². The zero-order valence-corrected chi connectivity index (χ0v) is 12.1. The maximum Gasteiger partial charge on any atom is 0.231 e. The number of nitriles is 1. The van der Waals surface area contributed by atoms with Gasteiger partial charge in [0.2, 0.25) is 6.79 Å². The Bertz CT molecular complexity index is 695. The number of benzene rings is 1. The molecule has 0 unspecified atom stereocenters. The number of hydrogen-bond donors (Lipinski definition) is 1. The van der Waals surface area contributed by atoms with Crippen molar-refractivity contribution in [3.8, 4) is 17.6 Å². The SMILES string of the molecule is C[C@@H](Nc1snc(Cl)c1C#N)c1ccc2c(c1)OCO2. The van der Waals surface area contributed by atoms with E-state index in [1.165, 1.54) is 11.5 Å². The molecule has 5 nitrogen and oxygen atoms in total. The van der Waals surface area contributed by atoms with Gasteiger partial charge in [-0.2, -0.15) is 9.64 Å². The Kier molecular flexibility index (Phi) is 3.38. The second-order valence-electron chi connectivity index (χ2n) is 4.27. The van der Waals surface area contributed by atoms with Gasteiger partial charge >= 0.3 is 0 Å². The van der Waals surface area contributed by atoms with Crippen LogP contribution in [0.25, 0.3) is 0 Å². The van der Waals surface area contributed by atoms with Gasteiger partial charge in [-0.25, -0.2) is 0 Å². The van der Waals surface area contributed by atoms with E-state index < -0.39 is 0 Å². The van der Waals surface area contributed by atoms with Crippen LogP contribution in [0.15, 0.2) is 18.2 Å². The van der Waals surface area contributed by atoms with E-state index in [-0.39, 0.29) is 18.0 Å². The number of hydrogen-bond acceptors (Lipinski definition) is 6. The third-order valence-corrected chi connectivity index (χ3v) is 4.16. The highest BCUT2D eigenvalue weighted by Crippen LogP contribution is 2.36. The van der Waals surface area contributed by atoms with Crippen molar-refractivity contribution in [2.75, 3.05) is 12.1 Å². The van der Waals surface area contributed by atoms with E-state index in [4.69, 9.17) is 26.3 Å². The fourth-order valence-corrected chi connectivity index (χ4v) is 2.95. The van der Waals surface area contributed by atoms with Crippen LogP contribution in [0.3, 0.4) is 0 Å². The molecule has 0 aliphatic carbocycles. The van der Waals surface area contributed by atoms with Crippen molar-refractivity contribution < 1.29 is 9.47 Å². The Morgan fingerprint density at radius 1 is 1.45 bits per heavy atom. The van der Waals surface area contributed by atoms with Gasteiger partial charge in [0.1, 0.15) is 16.6 Å². The lowest BCUT2D eigenvalue weighted by molar-refractivity contribution is 0.174. The number of nitrogens with zero attached hydrogens (tertiary/aromatic N) is 2. The van der Waals surface area contributed by atoms with Gasteiger partial charge in [0.05, 0.1) is 0 Å². The van der Waals surface area contributed by atoms with Crippen molar-refractivity contribution in [2.24, 2.45) is 0 Å². The van der Waals surface area contributed by atoms with Gasteiger partial charge in [0.25, 0.3) is 0 Å². The lowest BCUT2D eigenvalue weighted by Gasteiger charge is -2.14. The molecule has 0 saturated heterocycles. The molecule has 1 atom stereocenters. The first-order chi connectivity index (χ1) is 9.69. The lowest BCUT2D eigenvalue weighted by atomic mass is 10.1. The summed E-state index contributed by atoms with van der Waals surface area (Å²) in [6.07, 6.45) is 0. The first-order valence-electron chi connectivity index (χ1n) is 5.90. The molecule has 2 heterocycles. The van der Waals surface area contributed by atoms with Crippen molar-refractivity contribution in [1.29, 1.82) is 5.26 Å². The Labute approximate surface area is 124 Å². The maximum atomic E-state index is 9.05. The van der Waals surface area contributed by atoms with Crippen molar-refractivity contribution in [2.45, 2.75) is 13.0 Å².